The fourth-order valence-corrected chi connectivity index (χ4v) is 1.96. The van der Waals surface area contributed by atoms with Gasteiger partial charge in [0.2, 0.25) is 0 Å². The van der Waals surface area contributed by atoms with E-state index in [4.69, 9.17) is 4.98 Å². The van der Waals surface area contributed by atoms with E-state index in [1.54, 1.807) is 4.68 Å². The molecule has 5 heteroatoms. The van der Waals surface area contributed by atoms with E-state index in [-0.39, 0.29) is 0 Å². The number of rotatable bonds is 4. The quantitative estimate of drug-likeness (QED) is 0.917. The highest BCUT2D eigenvalue weighted by molar-refractivity contribution is 5.67. The summed E-state index contributed by atoms with van der Waals surface area (Å²) in [5.41, 5.74) is 3.06. The molecule has 2 aromatic rings. The molecule has 5 nitrogen and oxygen atoms in total. The smallest absolute Gasteiger partial charge is 0.133 e. The Hall–Kier alpha value is -1.91. The molecule has 0 radical (unpaired) electrons. The first kappa shape index (κ1) is 13.5. The maximum absolute atomic E-state index is 4.69. The van der Waals surface area contributed by atoms with Crippen LogP contribution in [0.4, 0.5) is 5.82 Å². The first-order valence-corrected chi connectivity index (χ1v) is 6.64. The topological polar surface area (TPSA) is 55.6 Å². The van der Waals surface area contributed by atoms with E-state index in [2.05, 4.69) is 36.2 Å². The Labute approximate surface area is 114 Å². The van der Waals surface area contributed by atoms with E-state index in [1.807, 2.05) is 26.4 Å². The maximum Gasteiger partial charge on any atom is 0.133 e. The number of aromatic nitrogens is 4. The molecule has 0 fully saturated rings. The third kappa shape index (κ3) is 2.75. The summed E-state index contributed by atoms with van der Waals surface area (Å²) in [6, 6.07) is 0. The van der Waals surface area contributed by atoms with Crippen molar-refractivity contribution in [1.29, 1.82) is 0 Å². The van der Waals surface area contributed by atoms with Crippen LogP contribution in [0.5, 0.6) is 0 Å². The van der Waals surface area contributed by atoms with Gasteiger partial charge in [0.15, 0.2) is 0 Å². The molecule has 0 saturated carbocycles. The van der Waals surface area contributed by atoms with E-state index >= 15 is 0 Å². The van der Waals surface area contributed by atoms with Crippen molar-refractivity contribution in [2.24, 2.45) is 7.05 Å². The third-order valence-corrected chi connectivity index (χ3v) is 3.00. The van der Waals surface area contributed by atoms with E-state index < -0.39 is 0 Å². The third-order valence-electron chi connectivity index (χ3n) is 3.00. The lowest BCUT2D eigenvalue weighted by Crippen LogP contribution is -2.08. The van der Waals surface area contributed by atoms with E-state index in [0.717, 1.165) is 35.0 Å². The van der Waals surface area contributed by atoms with Crippen molar-refractivity contribution < 1.29 is 0 Å². The van der Waals surface area contributed by atoms with Crippen molar-refractivity contribution in [3.05, 3.63) is 23.8 Å². The average molecular weight is 259 g/mol. The van der Waals surface area contributed by atoms with Crippen LogP contribution in [0.15, 0.2) is 12.4 Å². The normalized spacial score (nSPS) is 11.1. The van der Waals surface area contributed by atoms with E-state index in [0.29, 0.717) is 5.92 Å². The number of aryl methyl sites for hydroxylation is 1. The number of hydrogen-bond donors (Lipinski definition) is 1. The predicted octanol–water partition coefficient (Wildman–Crippen LogP) is 2.74. The summed E-state index contributed by atoms with van der Waals surface area (Å²) in [7, 11) is 1.91. The molecule has 0 amide bonds. The molecule has 0 aliphatic heterocycles. The van der Waals surface area contributed by atoms with Crippen LogP contribution in [0.3, 0.4) is 0 Å². The summed E-state index contributed by atoms with van der Waals surface area (Å²) in [4.78, 5) is 9.30. The summed E-state index contributed by atoms with van der Waals surface area (Å²) in [6.45, 7) is 9.17. The molecular formula is C14H21N5. The van der Waals surface area contributed by atoms with Gasteiger partial charge in [-0.05, 0) is 13.8 Å². The fourth-order valence-electron chi connectivity index (χ4n) is 1.96. The Bertz CT molecular complexity index is 571. The van der Waals surface area contributed by atoms with Crippen LogP contribution in [-0.4, -0.2) is 26.3 Å². The molecule has 0 unspecified atom stereocenters. The second-order valence-corrected chi connectivity index (χ2v) is 4.99. The van der Waals surface area contributed by atoms with Crippen LogP contribution in [-0.2, 0) is 7.05 Å². The van der Waals surface area contributed by atoms with Gasteiger partial charge >= 0.3 is 0 Å². The Morgan fingerprint density at radius 2 is 2.05 bits per heavy atom. The van der Waals surface area contributed by atoms with Gasteiger partial charge in [-0.3, -0.25) is 4.68 Å². The zero-order valence-electron chi connectivity index (χ0n) is 12.2. The Kier molecular flexibility index (Phi) is 3.83. The van der Waals surface area contributed by atoms with Crippen molar-refractivity contribution in [2.45, 2.75) is 33.6 Å². The lowest BCUT2D eigenvalue weighted by Gasteiger charge is -2.14. The number of hydrogen-bond acceptors (Lipinski definition) is 4. The Morgan fingerprint density at radius 1 is 1.32 bits per heavy atom. The van der Waals surface area contributed by atoms with Crippen molar-refractivity contribution in [2.75, 3.05) is 11.9 Å². The second kappa shape index (κ2) is 5.38. The van der Waals surface area contributed by atoms with Gasteiger partial charge < -0.3 is 5.32 Å². The molecular weight excluding hydrogens is 238 g/mol. The molecule has 0 aliphatic rings. The summed E-state index contributed by atoms with van der Waals surface area (Å²) >= 11 is 0. The monoisotopic (exact) mass is 259 g/mol. The highest BCUT2D eigenvalue weighted by Gasteiger charge is 2.15. The standard InChI is InChI=1S/C14H21N5/c1-6-15-14-10(4)12(11-7-16-19(5)8-11)17-13(18-14)9(2)3/h7-9H,6H2,1-5H3,(H,15,17,18). The number of anilines is 1. The van der Waals surface area contributed by atoms with E-state index in [9.17, 15) is 0 Å². The number of nitrogens with zero attached hydrogens (tertiary/aromatic N) is 4. The summed E-state index contributed by atoms with van der Waals surface area (Å²) in [6.07, 6.45) is 3.82. The van der Waals surface area contributed by atoms with Gasteiger partial charge in [-0.2, -0.15) is 5.10 Å². The van der Waals surface area contributed by atoms with Crippen LogP contribution in [0.25, 0.3) is 11.3 Å². The average Bonchev–Trinajstić information content (AvgIpc) is 2.78. The highest BCUT2D eigenvalue weighted by Crippen LogP contribution is 2.27. The van der Waals surface area contributed by atoms with Gasteiger partial charge in [-0.15, -0.1) is 0 Å². The van der Waals surface area contributed by atoms with Gasteiger partial charge in [0.1, 0.15) is 11.6 Å². The minimum Gasteiger partial charge on any atom is -0.370 e. The molecule has 0 saturated heterocycles. The molecule has 102 valence electrons. The summed E-state index contributed by atoms with van der Waals surface area (Å²) in [5, 5.41) is 7.53. The van der Waals surface area contributed by atoms with Crippen LogP contribution < -0.4 is 5.32 Å². The predicted molar refractivity (Wildman–Crippen MR) is 77.2 cm³/mol. The molecule has 2 aromatic heterocycles. The highest BCUT2D eigenvalue weighted by atomic mass is 15.2. The summed E-state index contributed by atoms with van der Waals surface area (Å²) in [5.74, 6) is 2.08. The molecule has 1 N–H and O–H groups in total. The largest absolute Gasteiger partial charge is 0.370 e. The van der Waals surface area contributed by atoms with Crippen LogP contribution in [0, 0.1) is 6.92 Å². The van der Waals surface area contributed by atoms with Gasteiger partial charge in [-0.1, -0.05) is 13.8 Å². The van der Waals surface area contributed by atoms with Crippen molar-refractivity contribution in [1.82, 2.24) is 19.7 Å². The second-order valence-electron chi connectivity index (χ2n) is 4.99. The fraction of sp³-hybridized carbons (Fsp3) is 0.500. The first-order valence-electron chi connectivity index (χ1n) is 6.64. The molecule has 0 aliphatic carbocycles. The van der Waals surface area contributed by atoms with Crippen LogP contribution in [0.2, 0.25) is 0 Å². The molecule has 2 rings (SSSR count). The van der Waals surface area contributed by atoms with E-state index in [1.165, 1.54) is 0 Å². The van der Waals surface area contributed by atoms with Gasteiger partial charge in [0.25, 0.3) is 0 Å². The number of nitrogens with one attached hydrogen (secondary N) is 1. The molecule has 0 bridgehead atoms. The lowest BCUT2D eigenvalue weighted by atomic mass is 10.1. The molecule has 0 aromatic carbocycles. The van der Waals surface area contributed by atoms with Gasteiger partial charge in [-0.25, -0.2) is 9.97 Å². The molecule has 0 atom stereocenters. The van der Waals surface area contributed by atoms with Crippen molar-refractivity contribution in [3.63, 3.8) is 0 Å². The molecule has 2 heterocycles. The van der Waals surface area contributed by atoms with Crippen molar-refractivity contribution in [3.8, 4) is 11.3 Å². The maximum atomic E-state index is 4.69. The minimum atomic E-state index is 0.299. The Morgan fingerprint density at radius 3 is 2.58 bits per heavy atom. The zero-order chi connectivity index (χ0) is 14.0. The van der Waals surface area contributed by atoms with Crippen LogP contribution in [0.1, 0.15) is 38.1 Å². The molecule has 19 heavy (non-hydrogen) atoms. The zero-order valence-corrected chi connectivity index (χ0v) is 12.2. The lowest BCUT2D eigenvalue weighted by molar-refractivity contribution is 0.767. The Balaban J connectivity index is 2.58. The molecule has 0 spiro atoms. The van der Waals surface area contributed by atoms with Crippen molar-refractivity contribution >= 4 is 5.82 Å². The van der Waals surface area contributed by atoms with Gasteiger partial charge in [0, 0.05) is 36.8 Å². The van der Waals surface area contributed by atoms with Gasteiger partial charge in [0.05, 0.1) is 11.9 Å². The minimum absolute atomic E-state index is 0.299. The summed E-state index contributed by atoms with van der Waals surface area (Å²) < 4.78 is 1.79. The van der Waals surface area contributed by atoms with Crippen LogP contribution >= 0.6 is 0 Å². The first-order chi connectivity index (χ1) is 9.02. The SMILES string of the molecule is CCNc1nc(C(C)C)nc(-c2cnn(C)c2)c1C.